The molecule has 1 aliphatic heterocycles. The van der Waals surface area contributed by atoms with Crippen LogP contribution in [0.25, 0.3) is 0 Å². The van der Waals surface area contributed by atoms with Crippen molar-refractivity contribution in [2.24, 2.45) is 5.92 Å². The van der Waals surface area contributed by atoms with Crippen LogP contribution in [0.4, 0.5) is 5.95 Å². The van der Waals surface area contributed by atoms with Gasteiger partial charge in [-0.15, -0.1) is 0 Å². The molecule has 1 aromatic rings. The predicted octanol–water partition coefficient (Wildman–Crippen LogP) is 2.55. The molecule has 1 N–H and O–H groups in total. The summed E-state index contributed by atoms with van der Waals surface area (Å²) < 4.78 is 5.40. The normalized spacial score (nSPS) is 23.6. The molecule has 2 heterocycles. The molecular weight excluding hydrogens is 264 g/mol. The average Bonchev–Trinajstić information content (AvgIpc) is 3.17. The van der Waals surface area contributed by atoms with Crippen LogP contribution in [0.5, 0.6) is 5.88 Å². The molecule has 0 unspecified atom stereocenters. The van der Waals surface area contributed by atoms with E-state index in [9.17, 15) is 0 Å². The molecule has 1 saturated carbocycles. The third kappa shape index (κ3) is 3.84. The summed E-state index contributed by atoms with van der Waals surface area (Å²) >= 11 is 0. The van der Waals surface area contributed by atoms with Crippen molar-refractivity contribution in [1.82, 2.24) is 14.9 Å². The molecule has 0 aromatic carbocycles. The van der Waals surface area contributed by atoms with Gasteiger partial charge in [0, 0.05) is 31.4 Å². The summed E-state index contributed by atoms with van der Waals surface area (Å²) in [6, 6.07) is 2.65. The minimum Gasteiger partial charge on any atom is -0.478 e. The molecule has 2 fully saturated rings. The Morgan fingerprint density at radius 3 is 3.00 bits per heavy atom. The van der Waals surface area contributed by atoms with Crippen LogP contribution in [0.15, 0.2) is 12.3 Å². The van der Waals surface area contributed by atoms with Crippen LogP contribution in [0.1, 0.15) is 39.0 Å². The maximum absolute atomic E-state index is 5.40. The second-order valence-corrected chi connectivity index (χ2v) is 6.12. The van der Waals surface area contributed by atoms with Crippen molar-refractivity contribution < 1.29 is 4.74 Å². The summed E-state index contributed by atoms with van der Waals surface area (Å²) in [4.78, 5) is 11.3. The van der Waals surface area contributed by atoms with Crippen molar-refractivity contribution in [3.8, 4) is 5.88 Å². The highest BCUT2D eigenvalue weighted by atomic mass is 16.5. The quantitative estimate of drug-likeness (QED) is 0.872. The molecule has 1 saturated heterocycles. The first-order valence-electron chi connectivity index (χ1n) is 8.29. The lowest BCUT2D eigenvalue weighted by molar-refractivity contribution is 0.238. The largest absolute Gasteiger partial charge is 0.478 e. The molecule has 5 nitrogen and oxygen atoms in total. The molecular formula is C16H26N4O. The van der Waals surface area contributed by atoms with E-state index in [1.807, 2.05) is 6.92 Å². The topological polar surface area (TPSA) is 50.3 Å². The van der Waals surface area contributed by atoms with Gasteiger partial charge in [-0.2, -0.15) is 4.98 Å². The van der Waals surface area contributed by atoms with Crippen LogP contribution >= 0.6 is 0 Å². The number of aromatic nitrogens is 2. The SMILES string of the molecule is CCOc1ccnc(NC[C@@H]2CCN(C3CCCC3)C2)n1. The Morgan fingerprint density at radius 1 is 1.33 bits per heavy atom. The Labute approximate surface area is 127 Å². The van der Waals surface area contributed by atoms with E-state index in [2.05, 4.69) is 20.2 Å². The van der Waals surface area contributed by atoms with Crippen molar-refractivity contribution in [2.75, 3.05) is 31.6 Å². The Hall–Kier alpha value is -1.36. The second kappa shape index (κ2) is 7.07. The van der Waals surface area contributed by atoms with E-state index in [1.165, 1.54) is 45.2 Å². The third-order valence-electron chi connectivity index (χ3n) is 4.63. The number of anilines is 1. The van der Waals surface area contributed by atoms with Crippen LogP contribution in [-0.4, -0.2) is 47.2 Å². The van der Waals surface area contributed by atoms with Gasteiger partial charge >= 0.3 is 0 Å². The molecule has 0 spiro atoms. The van der Waals surface area contributed by atoms with Gasteiger partial charge in [0.05, 0.1) is 6.61 Å². The Bertz CT molecular complexity index is 448. The maximum Gasteiger partial charge on any atom is 0.225 e. The summed E-state index contributed by atoms with van der Waals surface area (Å²) in [5, 5.41) is 3.37. The summed E-state index contributed by atoms with van der Waals surface area (Å²) in [7, 11) is 0. The molecule has 0 amide bonds. The zero-order valence-corrected chi connectivity index (χ0v) is 12.9. The van der Waals surface area contributed by atoms with E-state index in [0.717, 1.165) is 12.6 Å². The third-order valence-corrected chi connectivity index (χ3v) is 4.63. The van der Waals surface area contributed by atoms with Gasteiger partial charge in [-0.3, -0.25) is 0 Å². The lowest BCUT2D eigenvalue weighted by Gasteiger charge is -2.23. The van der Waals surface area contributed by atoms with E-state index < -0.39 is 0 Å². The number of nitrogens with zero attached hydrogens (tertiary/aromatic N) is 3. The average molecular weight is 290 g/mol. The number of hydrogen-bond donors (Lipinski definition) is 1. The van der Waals surface area contributed by atoms with Gasteiger partial charge in [0.1, 0.15) is 0 Å². The number of ether oxygens (including phenoxy) is 1. The van der Waals surface area contributed by atoms with E-state index >= 15 is 0 Å². The Morgan fingerprint density at radius 2 is 2.19 bits per heavy atom. The molecule has 3 rings (SSSR count). The van der Waals surface area contributed by atoms with Gasteiger partial charge < -0.3 is 15.0 Å². The second-order valence-electron chi connectivity index (χ2n) is 6.12. The lowest BCUT2D eigenvalue weighted by atomic mass is 10.1. The molecule has 1 aliphatic carbocycles. The first kappa shape index (κ1) is 14.6. The van der Waals surface area contributed by atoms with Gasteiger partial charge in [0.15, 0.2) is 0 Å². The fraction of sp³-hybridized carbons (Fsp3) is 0.750. The van der Waals surface area contributed by atoms with E-state index in [0.29, 0.717) is 24.4 Å². The van der Waals surface area contributed by atoms with Crippen molar-refractivity contribution in [3.63, 3.8) is 0 Å². The van der Waals surface area contributed by atoms with Crippen LogP contribution in [0.2, 0.25) is 0 Å². The van der Waals surface area contributed by atoms with Crippen LogP contribution in [0, 0.1) is 5.92 Å². The monoisotopic (exact) mass is 290 g/mol. The predicted molar refractivity (Wildman–Crippen MR) is 83.6 cm³/mol. The molecule has 21 heavy (non-hydrogen) atoms. The van der Waals surface area contributed by atoms with E-state index in [-0.39, 0.29) is 0 Å². The van der Waals surface area contributed by atoms with Crippen LogP contribution < -0.4 is 10.1 Å². The summed E-state index contributed by atoms with van der Waals surface area (Å²) in [6.07, 6.45) is 8.68. The molecule has 5 heteroatoms. The molecule has 1 atom stereocenters. The fourth-order valence-corrected chi connectivity index (χ4v) is 3.52. The van der Waals surface area contributed by atoms with Gasteiger partial charge in [-0.25, -0.2) is 4.98 Å². The van der Waals surface area contributed by atoms with Gasteiger partial charge in [-0.1, -0.05) is 12.8 Å². The molecule has 116 valence electrons. The first-order valence-corrected chi connectivity index (χ1v) is 8.29. The van der Waals surface area contributed by atoms with E-state index in [1.54, 1.807) is 12.3 Å². The zero-order chi connectivity index (χ0) is 14.5. The lowest BCUT2D eigenvalue weighted by Crippen LogP contribution is -2.31. The van der Waals surface area contributed by atoms with Crippen molar-refractivity contribution >= 4 is 5.95 Å². The van der Waals surface area contributed by atoms with E-state index in [4.69, 9.17) is 4.74 Å². The Kier molecular flexibility index (Phi) is 4.91. The number of rotatable bonds is 6. The highest BCUT2D eigenvalue weighted by Gasteiger charge is 2.29. The maximum atomic E-state index is 5.40. The van der Waals surface area contributed by atoms with Crippen LogP contribution in [0.3, 0.4) is 0 Å². The van der Waals surface area contributed by atoms with Crippen molar-refractivity contribution in [3.05, 3.63) is 12.3 Å². The molecule has 0 bridgehead atoms. The van der Waals surface area contributed by atoms with Gasteiger partial charge in [0.2, 0.25) is 11.8 Å². The highest BCUT2D eigenvalue weighted by molar-refractivity contribution is 5.27. The number of hydrogen-bond acceptors (Lipinski definition) is 5. The Balaban J connectivity index is 1.46. The number of nitrogens with one attached hydrogen (secondary N) is 1. The summed E-state index contributed by atoms with van der Waals surface area (Å²) in [5.41, 5.74) is 0. The van der Waals surface area contributed by atoms with Crippen molar-refractivity contribution in [2.45, 2.75) is 45.1 Å². The highest BCUT2D eigenvalue weighted by Crippen LogP contribution is 2.28. The van der Waals surface area contributed by atoms with Gasteiger partial charge in [0.25, 0.3) is 0 Å². The van der Waals surface area contributed by atoms with Crippen molar-refractivity contribution in [1.29, 1.82) is 0 Å². The minimum absolute atomic E-state index is 0.634. The summed E-state index contributed by atoms with van der Waals surface area (Å²) in [5.74, 6) is 2.04. The van der Waals surface area contributed by atoms with Crippen LogP contribution in [-0.2, 0) is 0 Å². The number of likely N-dealkylation sites (tertiary alicyclic amines) is 1. The summed E-state index contributed by atoms with van der Waals surface area (Å²) in [6.45, 7) is 6.04. The zero-order valence-electron chi connectivity index (χ0n) is 12.9. The standard InChI is InChI=1S/C16H26N4O/c1-2-21-15-7-9-17-16(19-15)18-11-13-8-10-20(12-13)14-5-3-4-6-14/h7,9,13-14H,2-6,8,10-12H2,1H3,(H,17,18,19)/t13-/m0/s1. The molecule has 0 radical (unpaired) electrons. The van der Waals surface area contributed by atoms with Gasteiger partial charge in [-0.05, 0) is 38.6 Å². The molecule has 2 aliphatic rings. The minimum atomic E-state index is 0.634. The smallest absolute Gasteiger partial charge is 0.225 e. The molecule has 1 aromatic heterocycles. The first-order chi connectivity index (χ1) is 10.3. The fourth-order valence-electron chi connectivity index (χ4n) is 3.52.